The van der Waals surface area contributed by atoms with E-state index in [2.05, 4.69) is 20.6 Å². The maximum absolute atomic E-state index is 16.6. The van der Waals surface area contributed by atoms with Gasteiger partial charge in [-0.05, 0) is 106 Å². The molecule has 6 aliphatic rings. The van der Waals surface area contributed by atoms with Crippen molar-refractivity contribution >= 4 is 52.1 Å². The molecule has 5 heterocycles. The predicted octanol–water partition coefficient (Wildman–Crippen LogP) is 8.17. The molecule has 2 unspecified atom stereocenters. The van der Waals surface area contributed by atoms with Crippen LogP contribution >= 0.6 is 11.6 Å². The summed E-state index contributed by atoms with van der Waals surface area (Å²) < 4.78 is 78.5. The Morgan fingerprint density at radius 2 is 1.64 bits per heavy atom. The highest BCUT2D eigenvalue weighted by Gasteiger charge is 2.60. The zero-order valence-corrected chi connectivity index (χ0v) is 43.2. The van der Waals surface area contributed by atoms with Crippen molar-refractivity contribution < 1.29 is 51.3 Å². The average Bonchev–Trinajstić information content (AvgIpc) is 4.20. The number of carbonyl (C=O) groups is 4. The number of aromatic nitrogens is 2. The molecular weight excluding hydrogens is 1010 g/mol. The van der Waals surface area contributed by atoms with Crippen molar-refractivity contribution in [3.8, 4) is 22.6 Å². The molecule has 15 nitrogen and oxygen atoms in total. The van der Waals surface area contributed by atoms with Crippen LogP contribution in [0.1, 0.15) is 110 Å². The molecule has 2 bridgehead atoms. The van der Waals surface area contributed by atoms with Crippen LogP contribution in [-0.4, -0.2) is 113 Å². The van der Waals surface area contributed by atoms with E-state index >= 15 is 17.6 Å². The van der Waals surface area contributed by atoms with Gasteiger partial charge < -0.3 is 35.4 Å². The molecule has 5 N–H and O–H groups in total. The second-order valence-electron chi connectivity index (χ2n) is 21.9. The van der Waals surface area contributed by atoms with Gasteiger partial charge in [-0.15, -0.1) is 0 Å². The Morgan fingerprint density at radius 1 is 0.921 bits per heavy atom. The zero-order chi connectivity index (χ0) is 53.4. The number of aliphatic hydroxyl groups is 1. The van der Waals surface area contributed by atoms with Crippen molar-refractivity contribution in [3.05, 3.63) is 105 Å². The Bertz CT molecular complexity index is 3150. The highest BCUT2D eigenvalue weighted by Crippen LogP contribution is 2.60. The van der Waals surface area contributed by atoms with Crippen molar-refractivity contribution in [1.29, 1.82) is 0 Å². The molecule has 3 saturated heterocycles. The second kappa shape index (κ2) is 19.9. The minimum Gasteiger partial charge on any atom is -0.488 e. The number of nitrogens with two attached hydrogens (primary N) is 1. The van der Waals surface area contributed by atoms with E-state index in [-0.39, 0.29) is 94.0 Å². The summed E-state index contributed by atoms with van der Waals surface area (Å²) in [6.07, 6.45) is 6.54. The monoisotopic (exact) mass is 1070 g/mol. The predicted molar refractivity (Wildman–Crippen MR) is 275 cm³/mol. The number of ether oxygens (including phenoxy) is 2. The van der Waals surface area contributed by atoms with E-state index in [1.807, 2.05) is 42.2 Å². The normalized spacial score (nSPS) is 25.1. The zero-order valence-electron chi connectivity index (χ0n) is 42.5. The summed E-state index contributed by atoms with van der Waals surface area (Å²) in [4.78, 5) is 57.5. The number of rotatable bonds is 14. The lowest BCUT2D eigenvalue weighted by atomic mass is 9.77. The van der Waals surface area contributed by atoms with Gasteiger partial charge in [0.1, 0.15) is 29.5 Å². The van der Waals surface area contributed by atoms with Crippen LogP contribution in [0.3, 0.4) is 0 Å². The molecule has 11 rings (SSSR count). The first-order chi connectivity index (χ1) is 36.5. The number of aliphatic hydroxyl groups excluding tert-OH is 1. The number of nitrogens with zero attached hydrogens (tertiary/aromatic N) is 5. The number of amides is 5. The van der Waals surface area contributed by atoms with E-state index in [0.29, 0.717) is 56.9 Å². The Morgan fingerprint density at radius 3 is 2.33 bits per heavy atom. The van der Waals surface area contributed by atoms with Crippen LogP contribution in [0.2, 0.25) is 5.02 Å². The number of fused-ring (bicyclic) bond motifs is 4. The second-order valence-corrected chi connectivity index (χ2v) is 22.2. The van der Waals surface area contributed by atoms with Crippen molar-refractivity contribution in [2.75, 3.05) is 63.9 Å². The van der Waals surface area contributed by atoms with Crippen LogP contribution in [0.5, 0.6) is 11.5 Å². The SMILES string of the molecule is CC1c2c(cc(F)c(Cl)c2-c2c(C(N)=O)ccc(OCCO)c2F)OC1(CNC12CCC(C(=O)N3CCC(CN4CCC(c5c(F)cc6c(N7CCC(=O)NC7=O)nn(C)c6c5F)CC4)CC3)(CC1)C2)c1ccccc1. The van der Waals surface area contributed by atoms with Crippen LogP contribution in [0.4, 0.5) is 28.2 Å². The molecule has 2 saturated carbocycles. The lowest BCUT2D eigenvalue weighted by molar-refractivity contribution is -0.143. The molecule has 402 valence electrons. The molecule has 76 heavy (non-hydrogen) atoms. The first-order valence-electron chi connectivity index (χ1n) is 26.3. The van der Waals surface area contributed by atoms with E-state index in [9.17, 15) is 24.3 Å². The number of benzene rings is 4. The van der Waals surface area contributed by atoms with Crippen LogP contribution in [0.15, 0.2) is 54.6 Å². The largest absolute Gasteiger partial charge is 0.488 e. The number of piperidine rings is 2. The summed E-state index contributed by atoms with van der Waals surface area (Å²) in [7, 11) is 1.56. The van der Waals surface area contributed by atoms with E-state index in [1.54, 1.807) is 7.05 Å². The molecule has 20 heteroatoms. The van der Waals surface area contributed by atoms with Crippen molar-refractivity contribution in [2.45, 2.75) is 94.1 Å². The van der Waals surface area contributed by atoms with Gasteiger partial charge in [-0.2, -0.15) is 5.10 Å². The molecule has 4 aromatic carbocycles. The topological polar surface area (TPSA) is 185 Å². The summed E-state index contributed by atoms with van der Waals surface area (Å²) in [6.45, 7) is 5.07. The number of primary amides is 1. The fourth-order valence-corrected chi connectivity index (χ4v) is 13.9. The highest BCUT2D eigenvalue weighted by atomic mass is 35.5. The number of imide groups is 1. The number of halogens is 5. The summed E-state index contributed by atoms with van der Waals surface area (Å²) >= 11 is 6.76. The summed E-state index contributed by atoms with van der Waals surface area (Å²) in [6, 6.07) is 13.8. The van der Waals surface area contributed by atoms with Crippen molar-refractivity contribution in [1.82, 2.24) is 30.2 Å². The molecular formula is C56H61ClF4N8O7. The maximum Gasteiger partial charge on any atom is 0.329 e. The van der Waals surface area contributed by atoms with E-state index in [1.165, 1.54) is 33.8 Å². The van der Waals surface area contributed by atoms with E-state index < -0.39 is 69.7 Å². The summed E-state index contributed by atoms with van der Waals surface area (Å²) in [5.41, 5.74) is 4.39. The average molecular weight is 1070 g/mol. The molecule has 5 aromatic rings. The van der Waals surface area contributed by atoms with Crippen LogP contribution < -0.4 is 30.7 Å². The first kappa shape index (κ1) is 51.8. The maximum atomic E-state index is 16.6. The van der Waals surface area contributed by atoms with Gasteiger partial charge in [-0.3, -0.25) is 29.3 Å². The minimum atomic E-state index is -1.17. The molecule has 1 aromatic heterocycles. The summed E-state index contributed by atoms with van der Waals surface area (Å²) in [5, 5.41) is 19.7. The number of nitrogens with one attached hydrogen (secondary N) is 2. The molecule has 4 aliphatic heterocycles. The Kier molecular flexibility index (Phi) is 13.6. The van der Waals surface area contributed by atoms with Crippen molar-refractivity contribution in [3.63, 3.8) is 0 Å². The molecule has 2 atom stereocenters. The third kappa shape index (κ3) is 8.74. The van der Waals surface area contributed by atoms with Gasteiger partial charge in [-0.25, -0.2) is 22.4 Å². The van der Waals surface area contributed by atoms with Crippen LogP contribution in [0, 0.1) is 34.6 Å². The summed E-state index contributed by atoms with van der Waals surface area (Å²) in [5.74, 6) is -5.02. The van der Waals surface area contributed by atoms with Gasteiger partial charge in [0.05, 0.1) is 28.0 Å². The third-order valence-corrected chi connectivity index (χ3v) is 18.0. The lowest BCUT2D eigenvalue weighted by Crippen LogP contribution is -2.51. The highest BCUT2D eigenvalue weighted by molar-refractivity contribution is 6.34. The van der Waals surface area contributed by atoms with Gasteiger partial charge in [0, 0.05) is 86.0 Å². The van der Waals surface area contributed by atoms with Crippen LogP contribution in [0.25, 0.3) is 22.0 Å². The fraction of sp³-hybridized carbons (Fsp3) is 0.482. The first-order valence-corrected chi connectivity index (χ1v) is 26.7. The standard InChI is InChI=1S/C56H61ClF4N8O7/c1-31-42-40(27-38(59)46(57)45(42)44-35(50(62)72)8-9-39(47(44)60)75-25-24-70)76-56(31,34-6-4-3-5-7-34)30-63-55-17-15-54(29-55,16-18-55)52(73)68-21-10-32(11-22-68)28-67-19-12-33(13-20-67)43-37(58)26-36-49(48(43)61)66(2)65-51(36)69-23-14-41(71)64-53(69)74/h3-9,26-27,31-33,63,70H,10-25,28-30H2,1-2H3,(H2,62,72)(H,64,71,74). The molecule has 2 aliphatic carbocycles. The van der Waals surface area contributed by atoms with E-state index in [0.717, 1.165) is 50.6 Å². The Hall–Kier alpha value is -6.28. The lowest BCUT2D eigenvalue weighted by Gasteiger charge is -2.40. The number of hydrogen-bond donors (Lipinski definition) is 4. The smallest absolute Gasteiger partial charge is 0.329 e. The quantitative estimate of drug-likeness (QED) is 0.0792. The number of carbonyl (C=O) groups excluding carboxylic acids is 4. The molecule has 0 radical (unpaired) electrons. The minimum absolute atomic E-state index is 0.0342. The molecule has 5 fully saturated rings. The number of urea groups is 1. The number of anilines is 1. The molecule has 5 amide bonds. The van der Waals surface area contributed by atoms with Gasteiger partial charge in [0.2, 0.25) is 17.7 Å². The molecule has 0 spiro atoms. The van der Waals surface area contributed by atoms with Crippen LogP contribution in [-0.2, 0) is 22.2 Å². The fourth-order valence-electron chi connectivity index (χ4n) is 13.7. The van der Waals surface area contributed by atoms with Gasteiger partial charge in [0.25, 0.3) is 0 Å². The number of likely N-dealkylation sites (tertiary alicyclic amines) is 2. The number of aryl methyl sites for hydroxylation is 1. The Labute approximate surface area is 442 Å². The number of hydrogen-bond acceptors (Lipinski definition) is 10. The van der Waals surface area contributed by atoms with Gasteiger partial charge in [-0.1, -0.05) is 48.9 Å². The van der Waals surface area contributed by atoms with Gasteiger partial charge in [0.15, 0.2) is 28.8 Å². The Balaban J connectivity index is 0.737. The van der Waals surface area contributed by atoms with Crippen molar-refractivity contribution in [2.24, 2.45) is 24.1 Å². The van der Waals surface area contributed by atoms with Gasteiger partial charge >= 0.3 is 6.03 Å². The van der Waals surface area contributed by atoms with E-state index in [4.69, 9.17) is 26.8 Å². The third-order valence-electron chi connectivity index (χ3n) is 17.7.